The molecule has 2 heterocycles. The Hall–Kier alpha value is -3.08. The first-order chi connectivity index (χ1) is 10.4. The third-order valence-corrected chi connectivity index (χ3v) is 3.23. The predicted molar refractivity (Wildman–Crippen MR) is 79.9 cm³/mol. The molecule has 0 radical (unpaired) electrons. The van der Waals surface area contributed by atoms with Crippen molar-refractivity contribution in [2.24, 2.45) is 0 Å². The van der Waals surface area contributed by atoms with E-state index in [-0.39, 0.29) is 0 Å². The van der Waals surface area contributed by atoms with Gasteiger partial charge in [-0.25, -0.2) is 9.67 Å². The van der Waals surface area contributed by atoms with Crippen LogP contribution in [0.4, 0.5) is 0 Å². The fourth-order valence-corrected chi connectivity index (χ4v) is 2.17. The van der Waals surface area contributed by atoms with Crippen LogP contribution in [0.5, 0.6) is 0 Å². The highest BCUT2D eigenvalue weighted by Crippen LogP contribution is 2.17. The Bertz CT molecular complexity index is 899. The SMILES string of the molecule is c1ccc(-c2cn(-c3cnc4ccccc4n3)nn2)cc1. The van der Waals surface area contributed by atoms with Crippen molar-refractivity contribution in [3.05, 3.63) is 67.0 Å². The van der Waals surface area contributed by atoms with E-state index in [4.69, 9.17) is 0 Å². The zero-order chi connectivity index (χ0) is 14.1. The summed E-state index contributed by atoms with van der Waals surface area (Å²) in [4.78, 5) is 8.94. The van der Waals surface area contributed by atoms with Crippen LogP contribution in [0.1, 0.15) is 0 Å². The van der Waals surface area contributed by atoms with Crippen molar-refractivity contribution in [1.82, 2.24) is 25.0 Å². The molecule has 0 fully saturated rings. The molecule has 5 heteroatoms. The lowest BCUT2D eigenvalue weighted by Crippen LogP contribution is -1.99. The number of hydrogen-bond donors (Lipinski definition) is 0. The molecule has 100 valence electrons. The molecule has 21 heavy (non-hydrogen) atoms. The first-order valence-corrected chi connectivity index (χ1v) is 6.60. The lowest BCUT2D eigenvalue weighted by Gasteiger charge is -2.00. The van der Waals surface area contributed by atoms with Gasteiger partial charge in [-0.05, 0) is 12.1 Å². The van der Waals surface area contributed by atoms with E-state index in [1.807, 2.05) is 60.8 Å². The van der Waals surface area contributed by atoms with E-state index in [0.717, 1.165) is 22.3 Å². The number of nitrogens with zero attached hydrogens (tertiary/aromatic N) is 5. The van der Waals surface area contributed by atoms with Gasteiger partial charge in [-0.2, -0.15) is 0 Å². The second kappa shape index (κ2) is 4.79. The molecule has 0 unspecified atom stereocenters. The van der Waals surface area contributed by atoms with Gasteiger partial charge in [-0.15, -0.1) is 5.10 Å². The maximum atomic E-state index is 4.55. The molecule has 0 spiro atoms. The van der Waals surface area contributed by atoms with Gasteiger partial charge in [0.2, 0.25) is 0 Å². The second-order valence-electron chi connectivity index (χ2n) is 4.63. The monoisotopic (exact) mass is 273 g/mol. The lowest BCUT2D eigenvalue weighted by molar-refractivity contribution is 0.781. The average molecular weight is 273 g/mol. The molecule has 0 aliphatic rings. The third-order valence-electron chi connectivity index (χ3n) is 3.23. The molecule has 4 rings (SSSR count). The summed E-state index contributed by atoms with van der Waals surface area (Å²) < 4.78 is 1.64. The molecule has 2 aromatic heterocycles. The molecular weight excluding hydrogens is 262 g/mol. The first-order valence-electron chi connectivity index (χ1n) is 6.60. The number of hydrogen-bond acceptors (Lipinski definition) is 4. The van der Waals surface area contributed by atoms with Crippen molar-refractivity contribution in [3.63, 3.8) is 0 Å². The highest BCUT2D eigenvalue weighted by Gasteiger charge is 2.07. The summed E-state index contributed by atoms with van der Waals surface area (Å²) in [5.74, 6) is 0.656. The summed E-state index contributed by atoms with van der Waals surface area (Å²) in [5, 5.41) is 8.32. The van der Waals surface area contributed by atoms with Crippen LogP contribution >= 0.6 is 0 Å². The van der Waals surface area contributed by atoms with Crippen LogP contribution in [0.2, 0.25) is 0 Å². The third kappa shape index (κ3) is 2.14. The summed E-state index contributed by atoms with van der Waals surface area (Å²) in [7, 11) is 0. The minimum absolute atomic E-state index is 0.656. The highest BCUT2D eigenvalue weighted by molar-refractivity contribution is 5.74. The molecule has 0 amide bonds. The average Bonchev–Trinajstić information content (AvgIpc) is 3.05. The maximum Gasteiger partial charge on any atom is 0.174 e. The highest BCUT2D eigenvalue weighted by atomic mass is 15.4. The Morgan fingerprint density at radius 3 is 2.43 bits per heavy atom. The van der Waals surface area contributed by atoms with Crippen molar-refractivity contribution in [3.8, 4) is 17.1 Å². The molecule has 0 atom stereocenters. The standard InChI is InChI=1S/C16H11N5/c1-2-6-12(7-3-1)15-11-21(20-19-15)16-10-17-13-8-4-5-9-14(13)18-16/h1-11H. The van der Waals surface area contributed by atoms with Crippen molar-refractivity contribution < 1.29 is 0 Å². The molecule has 0 N–H and O–H groups in total. The van der Waals surface area contributed by atoms with Crippen LogP contribution in [-0.2, 0) is 0 Å². The Labute approximate surface area is 120 Å². The molecular formula is C16H11N5. The van der Waals surface area contributed by atoms with Crippen LogP contribution in [0.3, 0.4) is 0 Å². The quantitative estimate of drug-likeness (QED) is 0.563. The topological polar surface area (TPSA) is 56.5 Å². The zero-order valence-corrected chi connectivity index (χ0v) is 11.1. The normalized spacial score (nSPS) is 10.9. The Balaban J connectivity index is 1.77. The van der Waals surface area contributed by atoms with Crippen molar-refractivity contribution in [2.45, 2.75) is 0 Å². The van der Waals surface area contributed by atoms with E-state index in [0.29, 0.717) is 5.82 Å². The molecule has 4 aromatic rings. The smallest absolute Gasteiger partial charge is 0.174 e. The van der Waals surface area contributed by atoms with E-state index in [9.17, 15) is 0 Å². The largest absolute Gasteiger partial charge is 0.251 e. The van der Waals surface area contributed by atoms with Crippen molar-refractivity contribution >= 4 is 11.0 Å². The van der Waals surface area contributed by atoms with Gasteiger partial charge in [0.25, 0.3) is 0 Å². The summed E-state index contributed by atoms with van der Waals surface area (Å²) in [6.45, 7) is 0. The van der Waals surface area contributed by atoms with Crippen molar-refractivity contribution in [2.75, 3.05) is 0 Å². The van der Waals surface area contributed by atoms with Gasteiger partial charge < -0.3 is 0 Å². The van der Waals surface area contributed by atoms with Gasteiger partial charge in [0.05, 0.1) is 23.4 Å². The fraction of sp³-hybridized carbons (Fsp3) is 0. The van der Waals surface area contributed by atoms with Crippen LogP contribution < -0.4 is 0 Å². The van der Waals surface area contributed by atoms with E-state index < -0.39 is 0 Å². The molecule has 0 aliphatic carbocycles. The van der Waals surface area contributed by atoms with E-state index >= 15 is 0 Å². The predicted octanol–water partition coefficient (Wildman–Crippen LogP) is 2.88. The first kappa shape index (κ1) is 11.7. The number of para-hydroxylation sites is 2. The Kier molecular flexibility index (Phi) is 2.67. The van der Waals surface area contributed by atoms with Crippen LogP contribution in [0.15, 0.2) is 67.0 Å². The second-order valence-corrected chi connectivity index (χ2v) is 4.63. The van der Waals surface area contributed by atoms with E-state index in [1.165, 1.54) is 0 Å². The number of benzene rings is 2. The molecule has 5 nitrogen and oxygen atoms in total. The lowest BCUT2D eigenvalue weighted by atomic mass is 10.2. The molecule has 0 saturated heterocycles. The number of rotatable bonds is 2. The summed E-state index contributed by atoms with van der Waals surface area (Å²) >= 11 is 0. The molecule has 0 bridgehead atoms. The van der Waals surface area contributed by atoms with E-state index in [1.54, 1.807) is 10.9 Å². The van der Waals surface area contributed by atoms with Crippen LogP contribution in [-0.4, -0.2) is 25.0 Å². The van der Waals surface area contributed by atoms with Crippen LogP contribution in [0.25, 0.3) is 28.1 Å². The van der Waals surface area contributed by atoms with Gasteiger partial charge in [0.1, 0.15) is 5.69 Å². The fourth-order valence-electron chi connectivity index (χ4n) is 2.17. The Morgan fingerprint density at radius 1 is 0.810 bits per heavy atom. The van der Waals surface area contributed by atoms with Gasteiger partial charge in [-0.3, -0.25) is 4.98 Å². The Morgan fingerprint density at radius 2 is 1.57 bits per heavy atom. The van der Waals surface area contributed by atoms with Crippen molar-refractivity contribution in [1.29, 1.82) is 0 Å². The number of aromatic nitrogens is 5. The molecule has 0 saturated carbocycles. The summed E-state index contributed by atoms with van der Waals surface area (Å²) in [5.41, 5.74) is 3.54. The maximum absolute atomic E-state index is 4.55. The van der Waals surface area contributed by atoms with Gasteiger partial charge in [-0.1, -0.05) is 47.7 Å². The van der Waals surface area contributed by atoms with E-state index in [2.05, 4.69) is 20.3 Å². The molecule has 0 aliphatic heterocycles. The number of fused-ring (bicyclic) bond motifs is 1. The minimum Gasteiger partial charge on any atom is -0.251 e. The minimum atomic E-state index is 0.656. The van der Waals surface area contributed by atoms with Gasteiger partial charge in [0.15, 0.2) is 5.82 Å². The summed E-state index contributed by atoms with van der Waals surface area (Å²) in [6, 6.07) is 17.7. The van der Waals surface area contributed by atoms with Crippen LogP contribution in [0, 0.1) is 0 Å². The summed E-state index contributed by atoms with van der Waals surface area (Å²) in [6.07, 6.45) is 3.56. The molecule has 2 aromatic carbocycles. The zero-order valence-electron chi connectivity index (χ0n) is 11.1. The van der Waals surface area contributed by atoms with Gasteiger partial charge in [0, 0.05) is 5.56 Å². The van der Waals surface area contributed by atoms with Gasteiger partial charge >= 0.3 is 0 Å².